The van der Waals surface area contributed by atoms with Crippen LogP contribution in [0.25, 0.3) is 0 Å². The average molecular weight is 271 g/mol. The zero-order valence-electron chi connectivity index (χ0n) is 11.7. The van der Waals surface area contributed by atoms with E-state index in [1.165, 1.54) is 19.3 Å². The van der Waals surface area contributed by atoms with Gasteiger partial charge in [0.2, 0.25) is 0 Å². The van der Waals surface area contributed by atoms with E-state index < -0.39 is 0 Å². The molecular weight excluding hydrogens is 250 g/mol. The van der Waals surface area contributed by atoms with Gasteiger partial charge in [-0.2, -0.15) is 0 Å². The first-order chi connectivity index (χ1) is 9.62. The summed E-state index contributed by atoms with van der Waals surface area (Å²) in [5.41, 5.74) is 6.80. The summed E-state index contributed by atoms with van der Waals surface area (Å²) in [5, 5.41) is 0. The third-order valence-electron chi connectivity index (χ3n) is 5.44. The maximum absolute atomic E-state index is 12.4. The van der Waals surface area contributed by atoms with Crippen LogP contribution in [0, 0.1) is 17.8 Å². The largest absolute Gasteiger partial charge is 0.455 e. The number of carbonyl (C=O) groups excluding carboxylic acids is 1. The van der Waals surface area contributed by atoms with Gasteiger partial charge in [0.05, 0.1) is 5.56 Å². The molecule has 0 aliphatic heterocycles. The molecule has 0 heterocycles. The summed E-state index contributed by atoms with van der Waals surface area (Å²) in [6, 6.07) is 7.04. The second kappa shape index (κ2) is 4.24. The van der Waals surface area contributed by atoms with Gasteiger partial charge in [0.15, 0.2) is 0 Å². The van der Waals surface area contributed by atoms with Gasteiger partial charge in [0.1, 0.15) is 5.60 Å². The van der Waals surface area contributed by atoms with Gasteiger partial charge in [-0.05, 0) is 80.5 Å². The normalized spacial score (nSPS) is 37.9. The van der Waals surface area contributed by atoms with Gasteiger partial charge in [-0.15, -0.1) is 0 Å². The molecule has 4 saturated carbocycles. The summed E-state index contributed by atoms with van der Waals surface area (Å²) in [6.07, 6.45) is 7.33. The first kappa shape index (κ1) is 12.2. The quantitative estimate of drug-likeness (QED) is 0.662. The summed E-state index contributed by atoms with van der Waals surface area (Å²) < 4.78 is 6.00. The van der Waals surface area contributed by atoms with E-state index in [1.807, 2.05) is 0 Å². The van der Waals surface area contributed by atoms with E-state index in [2.05, 4.69) is 0 Å². The van der Waals surface area contributed by atoms with Crippen LogP contribution in [0.5, 0.6) is 0 Å². The van der Waals surface area contributed by atoms with Crippen LogP contribution in [-0.4, -0.2) is 11.6 Å². The molecule has 4 aliphatic carbocycles. The number of rotatable bonds is 2. The van der Waals surface area contributed by atoms with Crippen LogP contribution in [-0.2, 0) is 4.74 Å². The zero-order chi connectivity index (χ0) is 13.7. The topological polar surface area (TPSA) is 52.3 Å². The Hall–Kier alpha value is -1.51. The van der Waals surface area contributed by atoms with Crippen LogP contribution in [0.1, 0.15) is 48.9 Å². The second-order valence-corrected chi connectivity index (χ2v) is 7.11. The summed E-state index contributed by atoms with van der Waals surface area (Å²) >= 11 is 0. The molecule has 3 nitrogen and oxygen atoms in total. The molecule has 2 N–H and O–H groups in total. The number of esters is 1. The lowest BCUT2D eigenvalue weighted by Gasteiger charge is -2.55. The fourth-order valence-corrected chi connectivity index (χ4v) is 5.03. The Balaban J connectivity index is 1.53. The number of nitrogens with two attached hydrogens (primary N) is 1. The van der Waals surface area contributed by atoms with Crippen molar-refractivity contribution in [1.82, 2.24) is 0 Å². The standard InChI is InChI=1S/C17H21NO2/c18-15-3-1-14(2-4-15)16(19)20-17-8-11-5-12(9-17)7-13(6-11)10-17/h1-4,11-13H,5-10,18H2. The van der Waals surface area contributed by atoms with Crippen LogP contribution < -0.4 is 5.73 Å². The number of benzene rings is 1. The Morgan fingerprint density at radius 3 is 2.00 bits per heavy atom. The Labute approximate surface area is 119 Å². The Bertz CT molecular complexity index is 499. The first-order valence-electron chi connectivity index (χ1n) is 7.71. The number of hydrogen-bond acceptors (Lipinski definition) is 3. The lowest BCUT2D eigenvalue weighted by molar-refractivity contribution is -0.131. The smallest absolute Gasteiger partial charge is 0.338 e. The first-order valence-corrected chi connectivity index (χ1v) is 7.71. The van der Waals surface area contributed by atoms with Crippen molar-refractivity contribution < 1.29 is 9.53 Å². The molecule has 20 heavy (non-hydrogen) atoms. The van der Waals surface area contributed by atoms with E-state index in [0.717, 1.165) is 37.0 Å². The van der Waals surface area contributed by atoms with Gasteiger partial charge in [-0.1, -0.05) is 0 Å². The number of anilines is 1. The monoisotopic (exact) mass is 271 g/mol. The van der Waals surface area contributed by atoms with E-state index >= 15 is 0 Å². The predicted molar refractivity (Wildman–Crippen MR) is 77.2 cm³/mol. The minimum atomic E-state index is -0.174. The maximum atomic E-state index is 12.4. The third kappa shape index (κ3) is 2.00. The molecular formula is C17H21NO2. The van der Waals surface area contributed by atoms with E-state index in [4.69, 9.17) is 10.5 Å². The molecule has 0 amide bonds. The highest BCUT2D eigenvalue weighted by atomic mass is 16.6. The molecule has 0 radical (unpaired) electrons. The zero-order valence-corrected chi connectivity index (χ0v) is 11.7. The molecule has 4 fully saturated rings. The molecule has 4 aliphatic rings. The lowest BCUT2D eigenvalue weighted by atomic mass is 9.54. The van der Waals surface area contributed by atoms with Crippen LogP contribution >= 0.6 is 0 Å². The van der Waals surface area contributed by atoms with E-state index in [-0.39, 0.29) is 11.6 Å². The summed E-state index contributed by atoms with van der Waals surface area (Å²) in [6.45, 7) is 0. The summed E-state index contributed by atoms with van der Waals surface area (Å²) in [7, 11) is 0. The second-order valence-electron chi connectivity index (χ2n) is 7.11. The van der Waals surface area contributed by atoms with Crippen molar-refractivity contribution in [2.24, 2.45) is 17.8 Å². The number of carbonyl (C=O) groups is 1. The van der Waals surface area contributed by atoms with Crippen molar-refractivity contribution in [2.75, 3.05) is 5.73 Å². The highest BCUT2D eigenvalue weighted by molar-refractivity contribution is 5.90. The SMILES string of the molecule is Nc1ccc(C(=O)OC23CC4CC(CC(C4)C2)C3)cc1. The molecule has 3 heteroatoms. The number of nitrogen functional groups attached to an aromatic ring is 1. The Morgan fingerprint density at radius 1 is 1.00 bits per heavy atom. The number of hydrogen-bond donors (Lipinski definition) is 1. The van der Waals surface area contributed by atoms with E-state index in [9.17, 15) is 4.79 Å². The van der Waals surface area contributed by atoms with Crippen molar-refractivity contribution >= 4 is 11.7 Å². The van der Waals surface area contributed by atoms with Gasteiger partial charge in [-0.25, -0.2) is 4.79 Å². The van der Waals surface area contributed by atoms with Crippen molar-refractivity contribution in [3.05, 3.63) is 29.8 Å². The van der Waals surface area contributed by atoms with Gasteiger partial charge < -0.3 is 10.5 Å². The molecule has 0 saturated heterocycles. The molecule has 0 unspecified atom stereocenters. The molecule has 0 spiro atoms. The van der Waals surface area contributed by atoms with Gasteiger partial charge in [-0.3, -0.25) is 0 Å². The van der Waals surface area contributed by atoms with Crippen LogP contribution in [0.2, 0.25) is 0 Å². The Morgan fingerprint density at radius 2 is 1.50 bits per heavy atom. The van der Waals surface area contributed by atoms with Crippen molar-refractivity contribution in [1.29, 1.82) is 0 Å². The fraction of sp³-hybridized carbons (Fsp3) is 0.588. The number of ether oxygens (including phenoxy) is 1. The van der Waals surface area contributed by atoms with Gasteiger partial charge in [0, 0.05) is 5.69 Å². The molecule has 4 bridgehead atoms. The Kier molecular flexibility index (Phi) is 2.60. The molecule has 0 aromatic heterocycles. The van der Waals surface area contributed by atoms with Crippen LogP contribution in [0.4, 0.5) is 5.69 Å². The minimum Gasteiger partial charge on any atom is -0.455 e. The molecule has 106 valence electrons. The average Bonchev–Trinajstić information content (AvgIpc) is 2.37. The third-order valence-corrected chi connectivity index (χ3v) is 5.44. The fourth-order valence-electron chi connectivity index (χ4n) is 5.03. The minimum absolute atomic E-state index is 0.160. The van der Waals surface area contributed by atoms with Gasteiger partial charge in [0.25, 0.3) is 0 Å². The summed E-state index contributed by atoms with van der Waals surface area (Å²) in [5.74, 6) is 2.20. The highest BCUT2D eigenvalue weighted by Gasteiger charge is 2.53. The van der Waals surface area contributed by atoms with Crippen LogP contribution in [0.3, 0.4) is 0 Å². The maximum Gasteiger partial charge on any atom is 0.338 e. The lowest BCUT2D eigenvalue weighted by Crippen LogP contribution is -2.52. The highest BCUT2D eigenvalue weighted by Crippen LogP contribution is 2.57. The van der Waals surface area contributed by atoms with Crippen LogP contribution in [0.15, 0.2) is 24.3 Å². The van der Waals surface area contributed by atoms with Crippen molar-refractivity contribution in [2.45, 2.75) is 44.1 Å². The molecule has 1 aromatic rings. The van der Waals surface area contributed by atoms with E-state index in [0.29, 0.717) is 11.3 Å². The molecule has 5 rings (SSSR count). The summed E-state index contributed by atoms with van der Waals surface area (Å²) in [4.78, 5) is 12.4. The van der Waals surface area contributed by atoms with Crippen molar-refractivity contribution in [3.8, 4) is 0 Å². The van der Waals surface area contributed by atoms with Crippen molar-refractivity contribution in [3.63, 3.8) is 0 Å². The predicted octanol–water partition coefficient (Wildman–Crippen LogP) is 3.39. The molecule has 1 aromatic carbocycles. The van der Waals surface area contributed by atoms with E-state index in [1.54, 1.807) is 24.3 Å². The van der Waals surface area contributed by atoms with Gasteiger partial charge >= 0.3 is 5.97 Å². The molecule has 0 atom stereocenters.